The molecule has 0 saturated heterocycles. The van der Waals surface area contributed by atoms with E-state index in [1.807, 2.05) is 45.0 Å². The molecule has 1 aliphatic heterocycles. The molecule has 3 rings (SSSR count). The van der Waals surface area contributed by atoms with E-state index in [1.54, 1.807) is 6.07 Å². The lowest BCUT2D eigenvalue weighted by Gasteiger charge is -2.18. The van der Waals surface area contributed by atoms with Gasteiger partial charge in [-0.3, -0.25) is 4.79 Å². The molecular weight excluding hydrogens is 306 g/mol. The summed E-state index contributed by atoms with van der Waals surface area (Å²) in [7, 11) is 0. The summed E-state index contributed by atoms with van der Waals surface area (Å²) in [6, 6.07) is 9.30. The Hall–Kier alpha value is -2.63. The summed E-state index contributed by atoms with van der Waals surface area (Å²) in [5.41, 5.74) is 1.73. The number of carbonyl (C=O) groups excluding carboxylic acids is 1. The van der Waals surface area contributed by atoms with Crippen LogP contribution < -0.4 is 14.8 Å². The van der Waals surface area contributed by atoms with Crippen molar-refractivity contribution in [3.8, 4) is 11.5 Å². The Labute approximate surface area is 141 Å². The second kappa shape index (κ2) is 6.47. The summed E-state index contributed by atoms with van der Waals surface area (Å²) in [6.07, 6.45) is 1.63. The maximum atomic E-state index is 12.0. The predicted octanol–water partition coefficient (Wildman–Crippen LogP) is 2.77. The monoisotopic (exact) mass is 327 g/mol. The van der Waals surface area contributed by atoms with E-state index in [9.17, 15) is 4.79 Å². The number of nitrogens with zero attached hydrogens (tertiary/aromatic N) is 2. The number of amides is 1. The first kappa shape index (κ1) is 16.2. The van der Waals surface area contributed by atoms with Gasteiger partial charge in [0, 0.05) is 12.0 Å². The average molecular weight is 327 g/mol. The molecule has 6 heteroatoms. The number of rotatable bonds is 5. The zero-order valence-corrected chi connectivity index (χ0v) is 14.1. The molecule has 1 aromatic heterocycles. The molecule has 1 aromatic carbocycles. The van der Waals surface area contributed by atoms with E-state index in [0.29, 0.717) is 11.6 Å². The van der Waals surface area contributed by atoms with Crippen molar-refractivity contribution in [3.63, 3.8) is 0 Å². The number of benzene rings is 1. The van der Waals surface area contributed by atoms with Gasteiger partial charge < -0.3 is 14.8 Å². The Kier molecular flexibility index (Phi) is 4.38. The van der Waals surface area contributed by atoms with Crippen LogP contribution in [0.2, 0.25) is 0 Å². The van der Waals surface area contributed by atoms with Gasteiger partial charge in [-0.05, 0) is 38.5 Å². The smallest absolute Gasteiger partial charge is 0.263 e. The van der Waals surface area contributed by atoms with Crippen molar-refractivity contribution in [2.24, 2.45) is 0 Å². The molecule has 0 radical (unpaired) electrons. The lowest BCUT2D eigenvalue weighted by Crippen LogP contribution is -2.25. The van der Waals surface area contributed by atoms with Crippen molar-refractivity contribution in [3.05, 3.63) is 41.6 Å². The second-order valence-electron chi connectivity index (χ2n) is 6.38. The van der Waals surface area contributed by atoms with Crippen LogP contribution in [0.1, 0.15) is 32.0 Å². The SMILES string of the molecule is CCc1ccc(NC(=O)COc2cccc3c2OC(C)(C)C3)nn1. The van der Waals surface area contributed by atoms with Crippen LogP contribution in [0.4, 0.5) is 5.82 Å². The quantitative estimate of drug-likeness (QED) is 0.914. The van der Waals surface area contributed by atoms with Crippen molar-refractivity contribution in [2.45, 2.75) is 39.2 Å². The van der Waals surface area contributed by atoms with E-state index < -0.39 is 0 Å². The molecule has 0 atom stereocenters. The normalized spacial score (nSPS) is 14.6. The topological polar surface area (TPSA) is 73.3 Å². The van der Waals surface area contributed by atoms with Crippen molar-refractivity contribution in [1.82, 2.24) is 10.2 Å². The molecule has 0 fully saturated rings. The molecule has 0 spiro atoms. The zero-order chi connectivity index (χ0) is 17.2. The highest BCUT2D eigenvalue weighted by Crippen LogP contribution is 2.41. The van der Waals surface area contributed by atoms with Crippen LogP contribution in [0.5, 0.6) is 11.5 Å². The summed E-state index contributed by atoms with van der Waals surface area (Å²) in [6.45, 7) is 5.94. The molecule has 1 aliphatic rings. The minimum Gasteiger partial charge on any atom is -0.483 e. The van der Waals surface area contributed by atoms with E-state index in [0.717, 1.165) is 29.8 Å². The summed E-state index contributed by atoms with van der Waals surface area (Å²) in [5.74, 6) is 1.43. The lowest BCUT2D eigenvalue weighted by molar-refractivity contribution is -0.118. The van der Waals surface area contributed by atoms with Gasteiger partial charge in [-0.25, -0.2) is 0 Å². The van der Waals surface area contributed by atoms with Crippen molar-refractivity contribution in [2.75, 3.05) is 11.9 Å². The van der Waals surface area contributed by atoms with E-state index in [4.69, 9.17) is 9.47 Å². The fourth-order valence-electron chi connectivity index (χ4n) is 2.64. The number of carbonyl (C=O) groups is 1. The van der Waals surface area contributed by atoms with Crippen LogP contribution in [0.25, 0.3) is 0 Å². The number of fused-ring (bicyclic) bond motifs is 1. The van der Waals surface area contributed by atoms with Gasteiger partial charge in [-0.1, -0.05) is 19.1 Å². The molecule has 0 aliphatic carbocycles. The van der Waals surface area contributed by atoms with E-state index in [-0.39, 0.29) is 18.1 Å². The summed E-state index contributed by atoms with van der Waals surface area (Å²) in [4.78, 5) is 12.0. The molecule has 0 bridgehead atoms. The van der Waals surface area contributed by atoms with Crippen LogP contribution in [-0.4, -0.2) is 28.3 Å². The number of para-hydroxylation sites is 1. The number of aryl methyl sites for hydroxylation is 1. The Bertz CT molecular complexity index is 742. The van der Waals surface area contributed by atoms with Gasteiger partial charge >= 0.3 is 0 Å². The van der Waals surface area contributed by atoms with Crippen molar-refractivity contribution < 1.29 is 14.3 Å². The van der Waals surface area contributed by atoms with Gasteiger partial charge in [-0.2, -0.15) is 5.10 Å². The van der Waals surface area contributed by atoms with Gasteiger partial charge in [0.1, 0.15) is 5.60 Å². The third-order valence-electron chi connectivity index (χ3n) is 3.76. The Balaban J connectivity index is 1.60. The van der Waals surface area contributed by atoms with Crippen LogP contribution >= 0.6 is 0 Å². The lowest BCUT2D eigenvalue weighted by atomic mass is 10.0. The molecule has 1 N–H and O–H groups in total. The number of hydrogen-bond acceptors (Lipinski definition) is 5. The third-order valence-corrected chi connectivity index (χ3v) is 3.76. The highest BCUT2D eigenvalue weighted by atomic mass is 16.5. The molecule has 1 amide bonds. The first-order valence-electron chi connectivity index (χ1n) is 8.03. The zero-order valence-electron chi connectivity index (χ0n) is 14.1. The molecule has 0 saturated carbocycles. The highest BCUT2D eigenvalue weighted by molar-refractivity contribution is 5.90. The van der Waals surface area contributed by atoms with Gasteiger partial charge in [-0.15, -0.1) is 5.10 Å². The van der Waals surface area contributed by atoms with Gasteiger partial charge in [0.2, 0.25) is 0 Å². The average Bonchev–Trinajstić information content (AvgIpc) is 2.88. The number of nitrogens with one attached hydrogen (secondary N) is 1. The largest absolute Gasteiger partial charge is 0.483 e. The van der Waals surface area contributed by atoms with E-state index in [2.05, 4.69) is 15.5 Å². The molecule has 126 valence electrons. The van der Waals surface area contributed by atoms with Gasteiger partial charge in [0.05, 0.1) is 5.69 Å². The van der Waals surface area contributed by atoms with E-state index in [1.165, 1.54) is 0 Å². The summed E-state index contributed by atoms with van der Waals surface area (Å²) < 4.78 is 11.6. The Morgan fingerprint density at radius 1 is 1.29 bits per heavy atom. The maximum absolute atomic E-state index is 12.0. The third kappa shape index (κ3) is 3.64. The molecule has 6 nitrogen and oxygen atoms in total. The molecule has 2 heterocycles. The predicted molar refractivity (Wildman–Crippen MR) is 90.4 cm³/mol. The fraction of sp³-hybridized carbons (Fsp3) is 0.389. The minimum absolute atomic E-state index is 0.114. The molecular formula is C18H21N3O3. The van der Waals surface area contributed by atoms with Crippen LogP contribution in [0.15, 0.2) is 30.3 Å². The summed E-state index contributed by atoms with van der Waals surface area (Å²) in [5, 5.41) is 10.6. The van der Waals surface area contributed by atoms with Crippen molar-refractivity contribution in [1.29, 1.82) is 0 Å². The maximum Gasteiger partial charge on any atom is 0.263 e. The van der Waals surface area contributed by atoms with Gasteiger partial charge in [0.25, 0.3) is 5.91 Å². The summed E-state index contributed by atoms with van der Waals surface area (Å²) >= 11 is 0. The highest BCUT2D eigenvalue weighted by Gasteiger charge is 2.32. The van der Waals surface area contributed by atoms with Crippen molar-refractivity contribution >= 4 is 11.7 Å². The fourth-order valence-corrected chi connectivity index (χ4v) is 2.64. The molecule has 2 aromatic rings. The van der Waals surface area contributed by atoms with E-state index >= 15 is 0 Å². The second-order valence-corrected chi connectivity index (χ2v) is 6.38. The first-order chi connectivity index (χ1) is 11.5. The van der Waals surface area contributed by atoms with Crippen LogP contribution in [0.3, 0.4) is 0 Å². The van der Waals surface area contributed by atoms with Gasteiger partial charge in [0.15, 0.2) is 23.9 Å². The number of hydrogen-bond donors (Lipinski definition) is 1. The number of ether oxygens (including phenoxy) is 2. The molecule has 0 unspecified atom stereocenters. The van der Waals surface area contributed by atoms with Crippen LogP contribution in [0, 0.1) is 0 Å². The molecule has 24 heavy (non-hydrogen) atoms. The Morgan fingerprint density at radius 3 is 2.83 bits per heavy atom. The number of anilines is 1. The minimum atomic E-state index is -0.289. The standard InChI is InChI=1S/C18H21N3O3/c1-4-13-8-9-15(21-20-13)19-16(22)11-23-14-7-5-6-12-10-18(2,3)24-17(12)14/h5-9H,4,10-11H2,1-3H3,(H,19,21,22). The first-order valence-corrected chi connectivity index (χ1v) is 8.03. The number of aromatic nitrogens is 2. The van der Waals surface area contributed by atoms with Crippen LogP contribution in [-0.2, 0) is 17.6 Å². The Morgan fingerprint density at radius 2 is 2.12 bits per heavy atom.